The van der Waals surface area contributed by atoms with Crippen LogP contribution in [0.3, 0.4) is 0 Å². The third-order valence-electron chi connectivity index (χ3n) is 6.21. The smallest absolute Gasteiger partial charge is 0.410 e. The number of pyridine rings is 1. The van der Waals surface area contributed by atoms with E-state index >= 15 is 0 Å². The molecule has 2 fully saturated rings. The Morgan fingerprint density at radius 1 is 1.09 bits per heavy atom. The summed E-state index contributed by atoms with van der Waals surface area (Å²) < 4.78 is 13.7. The summed E-state index contributed by atoms with van der Waals surface area (Å²) in [4.78, 5) is 13.9. The zero-order valence-corrected chi connectivity index (χ0v) is 19.4. The van der Waals surface area contributed by atoms with Crippen LogP contribution in [0.5, 0.6) is 0 Å². The number of aliphatic hydroxyl groups is 1. The van der Waals surface area contributed by atoms with Gasteiger partial charge in [-0.25, -0.2) is 9.36 Å². The third-order valence-corrected chi connectivity index (χ3v) is 6.21. The Kier molecular flexibility index (Phi) is 6.54. The predicted octanol–water partition coefficient (Wildman–Crippen LogP) is 4.00. The summed E-state index contributed by atoms with van der Waals surface area (Å²) in [6.07, 6.45) is 6.58. The van der Waals surface area contributed by atoms with Crippen LogP contribution in [-0.2, 0) is 16.0 Å². The Hall–Kier alpha value is -2.44. The Labute approximate surface area is 190 Å². The first-order valence-electron chi connectivity index (χ1n) is 11.6. The van der Waals surface area contributed by atoms with Crippen LogP contribution in [0.4, 0.5) is 4.79 Å². The highest BCUT2D eigenvalue weighted by atomic mass is 16.6. The normalized spacial score (nSPS) is 24.1. The molecular formula is C26H35N2O4+. The Morgan fingerprint density at radius 3 is 2.31 bits per heavy atom. The molecule has 0 bridgehead atoms. The first-order chi connectivity index (χ1) is 15.2. The molecule has 6 nitrogen and oxygen atoms in total. The van der Waals surface area contributed by atoms with Crippen molar-refractivity contribution in [3.05, 3.63) is 66.0 Å². The van der Waals surface area contributed by atoms with E-state index in [-0.39, 0.29) is 12.2 Å². The lowest BCUT2D eigenvalue weighted by Crippen LogP contribution is -2.50. The fourth-order valence-electron chi connectivity index (χ4n) is 4.48. The summed E-state index contributed by atoms with van der Waals surface area (Å²) in [5.74, 6) is -0.743. The van der Waals surface area contributed by atoms with E-state index in [1.165, 1.54) is 11.1 Å². The van der Waals surface area contributed by atoms with Crippen LogP contribution >= 0.6 is 0 Å². The van der Waals surface area contributed by atoms with Crippen molar-refractivity contribution in [1.82, 2.24) is 4.90 Å². The maximum Gasteiger partial charge on any atom is 0.410 e. The molecule has 2 aliphatic rings. The molecule has 0 atom stereocenters. The average molecular weight is 440 g/mol. The second-order valence-corrected chi connectivity index (χ2v) is 10.1. The van der Waals surface area contributed by atoms with Crippen molar-refractivity contribution in [2.75, 3.05) is 13.1 Å². The topological polar surface area (TPSA) is 62.9 Å². The SMILES string of the molecule is CC(C)(C)OC(=O)N1CCC(OC2(O)CC(c3cc[n+](Cc4ccccc4)cc3)C2)CC1. The van der Waals surface area contributed by atoms with Gasteiger partial charge in [-0.15, -0.1) is 0 Å². The molecule has 1 aromatic carbocycles. The van der Waals surface area contributed by atoms with Crippen LogP contribution < -0.4 is 4.57 Å². The number of hydrogen-bond donors (Lipinski definition) is 1. The minimum Gasteiger partial charge on any atom is -0.444 e. The molecule has 1 amide bonds. The zero-order valence-electron chi connectivity index (χ0n) is 19.4. The quantitative estimate of drug-likeness (QED) is 0.565. The van der Waals surface area contributed by atoms with Gasteiger partial charge in [-0.3, -0.25) is 0 Å². The molecule has 4 rings (SSSR count). The molecule has 1 N–H and O–H groups in total. The average Bonchev–Trinajstić information content (AvgIpc) is 2.72. The predicted molar refractivity (Wildman–Crippen MR) is 121 cm³/mol. The van der Waals surface area contributed by atoms with Crippen molar-refractivity contribution >= 4 is 6.09 Å². The Bertz CT molecular complexity index is 894. The molecule has 1 aliphatic heterocycles. The molecule has 0 unspecified atom stereocenters. The summed E-state index contributed by atoms with van der Waals surface area (Å²) in [5, 5.41) is 10.8. The number of carbonyl (C=O) groups excluding carboxylic acids is 1. The first-order valence-corrected chi connectivity index (χ1v) is 11.6. The highest BCUT2D eigenvalue weighted by Crippen LogP contribution is 2.46. The van der Waals surface area contributed by atoms with Gasteiger partial charge in [-0.05, 0) is 45.1 Å². The number of rotatable bonds is 5. The zero-order chi connectivity index (χ0) is 22.8. The number of likely N-dealkylation sites (tertiary alicyclic amines) is 1. The number of carbonyl (C=O) groups is 1. The van der Waals surface area contributed by atoms with E-state index in [4.69, 9.17) is 9.47 Å². The fourth-order valence-corrected chi connectivity index (χ4v) is 4.48. The van der Waals surface area contributed by atoms with Gasteiger partial charge in [0.25, 0.3) is 0 Å². The maximum absolute atomic E-state index is 12.2. The summed E-state index contributed by atoms with van der Waals surface area (Å²) >= 11 is 0. The highest BCUT2D eigenvalue weighted by molar-refractivity contribution is 5.68. The van der Waals surface area contributed by atoms with E-state index in [0.717, 1.165) is 19.4 Å². The van der Waals surface area contributed by atoms with E-state index in [2.05, 4.69) is 53.4 Å². The molecule has 0 radical (unpaired) electrons. The van der Waals surface area contributed by atoms with Crippen LogP contribution in [0.2, 0.25) is 0 Å². The molecule has 2 aromatic rings. The molecule has 0 spiro atoms. The van der Waals surface area contributed by atoms with Crippen LogP contribution in [0.15, 0.2) is 54.9 Å². The second kappa shape index (κ2) is 9.20. The second-order valence-electron chi connectivity index (χ2n) is 10.1. The lowest BCUT2D eigenvalue weighted by molar-refractivity contribution is -0.688. The van der Waals surface area contributed by atoms with Crippen molar-refractivity contribution in [3.63, 3.8) is 0 Å². The van der Waals surface area contributed by atoms with Gasteiger partial charge < -0.3 is 19.5 Å². The highest BCUT2D eigenvalue weighted by Gasteiger charge is 2.46. The molecule has 32 heavy (non-hydrogen) atoms. The van der Waals surface area contributed by atoms with Crippen molar-refractivity contribution < 1.29 is 23.9 Å². The lowest BCUT2D eigenvalue weighted by Gasteiger charge is -2.46. The van der Waals surface area contributed by atoms with Crippen molar-refractivity contribution in [2.24, 2.45) is 0 Å². The third kappa shape index (κ3) is 5.87. The van der Waals surface area contributed by atoms with Gasteiger partial charge in [0.2, 0.25) is 0 Å². The van der Waals surface area contributed by atoms with Gasteiger partial charge in [0, 0.05) is 43.6 Å². The van der Waals surface area contributed by atoms with Crippen LogP contribution in [0, 0.1) is 0 Å². The van der Waals surface area contributed by atoms with Crippen molar-refractivity contribution in [2.45, 2.75) is 76.4 Å². The summed E-state index contributed by atoms with van der Waals surface area (Å²) in [6, 6.07) is 14.7. The monoisotopic (exact) mass is 439 g/mol. The first kappa shape index (κ1) is 22.7. The van der Waals surface area contributed by atoms with Crippen LogP contribution in [-0.4, -0.2) is 46.7 Å². The summed E-state index contributed by atoms with van der Waals surface area (Å²) in [7, 11) is 0. The molecular weight excluding hydrogens is 404 g/mol. The largest absolute Gasteiger partial charge is 0.444 e. The van der Waals surface area contributed by atoms with Crippen LogP contribution in [0.1, 0.15) is 63.5 Å². The van der Waals surface area contributed by atoms with Crippen LogP contribution in [0.25, 0.3) is 0 Å². The number of piperidine rings is 1. The van der Waals surface area contributed by atoms with E-state index in [9.17, 15) is 9.90 Å². The number of nitrogens with zero attached hydrogens (tertiary/aromatic N) is 2. The number of hydrogen-bond acceptors (Lipinski definition) is 4. The van der Waals surface area contributed by atoms with Gasteiger partial charge in [-0.1, -0.05) is 30.3 Å². The van der Waals surface area contributed by atoms with E-state index in [0.29, 0.717) is 31.8 Å². The van der Waals surface area contributed by atoms with E-state index < -0.39 is 11.4 Å². The summed E-state index contributed by atoms with van der Waals surface area (Å²) in [5.41, 5.74) is 2.02. The number of ether oxygens (including phenoxy) is 2. The lowest BCUT2D eigenvalue weighted by atomic mass is 9.74. The number of benzene rings is 1. The Balaban J connectivity index is 1.22. The molecule has 1 saturated carbocycles. The van der Waals surface area contributed by atoms with E-state index in [1.807, 2.05) is 26.8 Å². The standard InChI is InChI=1S/C26H35N2O4/c1-25(2,3)32-24(29)28-15-11-23(12-16-28)31-26(30)17-22(18-26)21-9-13-27(14-10-21)19-20-7-5-4-6-8-20/h4-10,13-14,22-23,30H,11-12,15-19H2,1-3H3/q+1. The fraction of sp³-hybridized carbons (Fsp3) is 0.538. The number of aromatic nitrogens is 1. The molecule has 1 aromatic heterocycles. The minimum atomic E-state index is -1.06. The van der Waals surface area contributed by atoms with Gasteiger partial charge in [0.15, 0.2) is 24.7 Å². The maximum atomic E-state index is 12.2. The molecule has 6 heteroatoms. The molecule has 2 heterocycles. The van der Waals surface area contributed by atoms with E-state index in [1.54, 1.807) is 4.90 Å². The number of amides is 1. The molecule has 1 aliphatic carbocycles. The van der Waals surface area contributed by atoms with Gasteiger partial charge in [-0.2, -0.15) is 0 Å². The summed E-state index contributed by atoms with van der Waals surface area (Å²) in [6.45, 7) is 7.66. The van der Waals surface area contributed by atoms with Gasteiger partial charge in [0.05, 0.1) is 6.10 Å². The minimum absolute atomic E-state index is 0.0246. The van der Waals surface area contributed by atoms with Gasteiger partial charge in [0.1, 0.15) is 5.60 Å². The molecule has 1 saturated heterocycles. The Morgan fingerprint density at radius 2 is 1.72 bits per heavy atom. The van der Waals surface area contributed by atoms with Crippen molar-refractivity contribution in [3.8, 4) is 0 Å². The van der Waals surface area contributed by atoms with Gasteiger partial charge >= 0.3 is 6.09 Å². The van der Waals surface area contributed by atoms with Crippen molar-refractivity contribution in [1.29, 1.82) is 0 Å². The molecule has 172 valence electrons.